The van der Waals surface area contributed by atoms with Gasteiger partial charge >= 0.3 is 5.97 Å². The summed E-state index contributed by atoms with van der Waals surface area (Å²) in [5.74, 6) is -0.819. The Balaban J connectivity index is 1.32. The number of esters is 1. The van der Waals surface area contributed by atoms with Crippen molar-refractivity contribution in [2.75, 3.05) is 13.2 Å². The molecule has 1 amide bonds. The molecule has 1 atom stereocenters. The van der Waals surface area contributed by atoms with Crippen LogP contribution in [-0.2, 0) is 16.1 Å². The van der Waals surface area contributed by atoms with Gasteiger partial charge in [-0.2, -0.15) is 0 Å². The Morgan fingerprint density at radius 1 is 1.18 bits per heavy atom. The van der Waals surface area contributed by atoms with E-state index in [1.807, 2.05) is 47.8 Å². The molecule has 3 aromatic rings. The number of thiophene rings is 1. The van der Waals surface area contributed by atoms with Gasteiger partial charge in [0.1, 0.15) is 0 Å². The number of carbonyl (C=O) groups is 2. The van der Waals surface area contributed by atoms with E-state index in [1.165, 1.54) is 11.1 Å². The van der Waals surface area contributed by atoms with Crippen LogP contribution >= 0.6 is 11.3 Å². The SMILES string of the molecule is O=C(OCC(=O)N1CCCC1c1cccs1)c1cn(Cc2ccccc2)nn1. The second-order valence-corrected chi connectivity index (χ2v) is 7.60. The third-order valence-corrected chi connectivity index (χ3v) is 5.68. The number of carbonyl (C=O) groups excluding carboxylic acids is 2. The van der Waals surface area contributed by atoms with Crippen molar-refractivity contribution in [1.29, 1.82) is 0 Å². The number of amides is 1. The average molecular weight is 396 g/mol. The first-order valence-corrected chi connectivity index (χ1v) is 10.0. The van der Waals surface area contributed by atoms with Crippen LogP contribution in [0.4, 0.5) is 0 Å². The van der Waals surface area contributed by atoms with E-state index in [-0.39, 0.29) is 24.2 Å². The molecule has 28 heavy (non-hydrogen) atoms. The van der Waals surface area contributed by atoms with Gasteiger partial charge in [-0.1, -0.05) is 41.6 Å². The van der Waals surface area contributed by atoms with Crippen LogP contribution in [0.5, 0.6) is 0 Å². The molecule has 0 radical (unpaired) electrons. The van der Waals surface area contributed by atoms with E-state index in [1.54, 1.807) is 20.9 Å². The van der Waals surface area contributed by atoms with Crippen LogP contribution in [0.2, 0.25) is 0 Å². The highest BCUT2D eigenvalue weighted by molar-refractivity contribution is 7.10. The van der Waals surface area contributed by atoms with Crippen molar-refractivity contribution in [3.05, 3.63) is 70.2 Å². The van der Waals surface area contributed by atoms with Gasteiger partial charge < -0.3 is 9.64 Å². The highest BCUT2D eigenvalue weighted by atomic mass is 32.1. The zero-order valence-electron chi connectivity index (χ0n) is 15.2. The maximum Gasteiger partial charge on any atom is 0.361 e. The van der Waals surface area contributed by atoms with Crippen molar-refractivity contribution in [2.24, 2.45) is 0 Å². The Kier molecular flexibility index (Phi) is 5.48. The van der Waals surface area contributed by atoms with Gasteiger partial charge in [0.15, 0.2) is 12.3 Å². The summed E-state index contributed by atoms with van der Waals surface area (Å²) in [7, 11) is 0. The fourth-order valence-electron chi connectivity index (χ4n) is 3.37. The number of rotatable bonds is 6. The topological polar surface area (TPSA) is 77.3 Å². The molecule has 1 unspecified atom stereocenters. The third-order valence-electron chi connectivity index (χ3n) is 4.71. The van der Waals surface area contributed by atoms with Crippen molar-refractivity contribution in [2.45, 2.75) is 25.4 Å². The Bertz CT molecular complexity index is 940. The Morgan fingerprint density at radius 3 is 2.82 bits per heavy atom. The third kappa shape index (κ3) is 4.12. The molecule has 7 nitrogen and oxygen atoms in total. The molecule has 2 aromatic heterocycles. The lowest BCUT2D eigenvalue weighted by Gasteiger charge is -2.23. The summed E-state index contributed by atoms with van der Waals surface area (Å²) in [6, 6.07) is 13.9. The molecule has 1 fully saturated rings. The minimum Gasteiger partial charge on any atom is -0.451 e. The average Bonchev–Trinajstić information content (AvgIpc) is 3.47. The van der Waals surface area contributed by atoms with E-state index in [4.69, 9.17) is 4.74 Å². The molecule has 0 aliphatic carbocycles. The van der Waals surface area contributed by atoms with Crippen LogP contribution in [0, 0.1) is 0 Å². The second-order valence-electron chi connectivity index (χ2n) is 6.62. The van der Waals surface area contributed by atoms with E-state index in [2.05, 4.69) is 10.3 Å². The summed E-state index contributed by atoms with van der Waals surface area (Å²) < 4.78 is 6.76. The van der Waals surface area contributed by atoms with Crippen molar-refractivity contribution in [3.63, 3.8) is 0 Å². The van der Waals surface area contributed by atoms with Crippen molar-refractivity contribution < 1.29 is 14.3 Å². The highest BCUT2D eigenvalue weighted by Crippen LogP contribution is 2.34. The molecular weight excluding hydrogens is 376 g/mol. The molecule has 0 saturated carbocycles. The number of ether oxygens (including phenoxy) is 1. The molecule has 0 spiro atoms. The van der Waals surface area contributed by atoms with Crippen LogP contribution in [-0.4, -0.2) is 44.9 Å². The first kappa shape index (κ1) is 18.4. The summed E-state index contributed by atoms with van der Waals surface area (Å²) >= 11 is 1.64. The van der Waals surface area contributed by atoms with E-state index in [0.29, 0.717) is 13.1 Å². The predicted molar refractivity (Wildman–Crippen MR) is 104 cm³/mol. The van der Waals surface area contributed by atoms with E-state index >= 15 is 0 Å². The monoisotopic (exact) mass is 396 g/mol. The fraction of sp³-hybridized carbons (Fsp3) is 0.300. The Hall–Kier alpha value is -3.00. The first-order chi connectivity index (χ1) is 13.7. The summed E-state index contributed by atoms with van der Waals surface area (Å²) in [4.78, 5) is 27.7. The zero-order valence-corrected chi connectivity index (χ0v) is 16.0. The van der Waals surface area contributed by atoms with Gasteiger partial charge in [0.2, 0.25) is 0 Å². The minimum absolute atomic E-state index is 0.0814. The van der Waals surface area contributed by atoms with E-state index in [0.717, 1.165) is 18.4 Å². The largest absolute Gasteiger partial charge is 0.451 e. The standard InChI is InChI=1S/C20H20N4O3S/c25-19(24-10-4-8-17(24)18-9-5-11-28-18)14-27-20(26)16-13-23(22-21-16)12-15-6-2-1-3-7-15/h1-3,5-7,9,11,13,17H,4,8,10,12,14H2. The van der Waals surface area contributed by atoms with Gasteiger partial charge in [0.05, 0.1) is 18.8 Å². The molecular formula is C20H20N4O3S. The summed E-state index contributed by atoms with van der Waals surface area (Å²) in [5, 5.41) is 9.82. The summed E-state index contributed by atoms with van der Waals surface area (Å²) in [6.45, 7) is 0.911. The number of nitrogens with zero attached hydrogens (tertiary/aromatic N) is 4. The van der Waals surface area contributed by atoms with Gasteiger partial charge in [-0.15, -0.1) is 16.4 Å². The quantitative estimate of drug-likeness (QED) is 0.599. The lowest BCUT2D eigenvalue weighted by Crippen LogP contribution is -2.34. The van der Waals surface area contributed by atoms with Gasteiger partial charge in [-0.3, -0.25) is 4.79 Å². The van der Waals surface area contributed by atoms with Crippen molar-refractivity contribution >= 4 is 23.2 Å². The number of hydrogen-bond acceptors (Lipinski definition) is 6. The molecule has 3 heterocycles. The fourth-order valence-corrected chi connectivity index (χ4v) is 4.24. The molecule has 0 N–H and O–H groups in total. The molecule has 1 aromatic carbocycles. The van der Waals surface area contributed by atoms with Crippen LogP contribution in [0.25, 0.3) is 0 Å². The highest BCUT2D eigenvalue weighted by Gasteiger charge is 2.31. The predicted octanol–water partition coefficient (Wildman–Crippen LogP) is 2.91. The van der Waals surface area contributed by atoms with Crippen LogP contribution in [0.1, 0.15) is 39.8 Å². The molecule has 1 saturated heterocycles. The molecule has 0 bridgehead atoms. The van der Waals surface area contributed by atoms with Crippen LogP contribution in [0.3, 0.4) is 0 Å². The maximum absolute atomic E-state index is 12.5. The van der Waals surface area contributed by atoms with Crippen LogP contribution < -0.4 is 0 Å². The maximum atomic E-state index is 12.5. The summed E-state index contributed by atoms with van der Waals surface area (Å²) in [6.07, 6.45) is 3.42. The van der Waals surface area contributed by atoms with Gasteiger partial charge in [0, 0.05) is 11.4 Å². The molecule has 1 aliphatic rings. The minimum atomic E-state index is -0.639. The zero-order chi connectivity index (χ0) is 19.3. The van der Waals surface area contributed by atoms with E-state index in [9.17, 15) is 9.59 Å². The smallest absolute Gasteiger partial charge is 0.361 e. The van der Waals surface area contributed by atoms with Gasteiger partial charge in [-0.05, 0) is 29.9 Å². The molecule has 144 valence electrons. The van der Waals surface area contributed by atoms with E-state index < -0.39 is 5.97 Å². The molecule has 4 rings (SSSR count). The Labute approximate surface area is 166 Å². The number of aromatic nitrogens is 3. The first-order valence-electron chi connectivity index (χ1n) is 9.15. The number of hydrogen-bond donors (Lipinski definition) is 0. The van der Waals surface area contributed by atoms with Gasteiger partial charge in [0.25, 0.3) is 5.91 Å². The lowest BCUT2D eigenvalue weighted by molar-refractivity contribution is -0.135. The number of likely N-dealkylation sites (tertiary alicyclic amines) is 1. The molecule has 1 aliphatic heterocycles. The molecule has 8 heteroatoms. The normalized spacial score (nSPS) is 16.3. The van der Waals surface area contributed by atoms with Crippen LogP contribution in [0.15, 0.2) is 54.0 Å². The Morgan fingerprint density at radius 2 is 2.04 bits per heavy atom. The van der Waals surface area contributed by atoms with Crippen molar-refractivity contribution in [1.82, 2.24) is 19.9 Å². The van der Waals surface area contributed by atoms with Crippen molar-refractivity contribution in [3.8, 4) is 0 Å². The summed E-state index contributed by atoms with van der Waals surface area (Å²) in [5.41, 5.74) is 1.15. The second kappa shape index (κ2) is 8.35. The number of benzene rings is 1. The van der Waals surface area contributed by atoms with Gasteiger partial charge in [-0.25, -0.2) is 9.48 Å². The lowest BCUT2D eigenvalue weighted by atomic mass is 10.2.